The summed E-state index contributed by atoms with van der Waals surface area (Å²) < 4.78 is 10.6. The predicted octanol–water partition coefficient (Wildman–Crippen LogP) is 2.47. The van der Waals surface area contributed by atoms with Gasteiger partial charge >= 0.3 is 0 Å². The quantitative estimate of drug-likeness (QED) is 0.582. The summed E-state index contributed by atoms with van der Waals surface area (Å²) in [6, 6.07) is 2.17. The zero-order chi connectivity index (χ0) is 12.9. The molecule has 0 radical (unpaired) electrons. The second-order valence-corrected chi connectivity index (χ2v) is 5.55. The average molecular weight is 258 g/mol. The van der Waals surface area contributed by atoms with E-state index in [1.165, 1.54) is 4.88 Å². The first kappa shape index (κ1) is 14.4. The Bertz CT molecular complexity index is 339. The summed E-state index contributed by atoms with van der Waals surface area (Å²) in [6.45, 7) is 4.16. The summed E-state index contributed by atoms with van der Waals surface area (Å²) in [7, 11) is 3.41. The standard InChI is InChI=1S/C12H22N2O2S/c1-12(2,16-4)6-5-10(14-13)11-7-9(15-3)8-17-11/h7-8,10,14H,5-6,13H2,1-4H3. The van der Waals surface area contributed by atoms with Gasteiger partial charge in [-0.25, -0.2) is 0 Å². The number of methoxy groups -OCH3 is 2. The van der Waals surface area contributed by atoms with E-state index in [1.807, 2.05) is 11.4 Å². The maximum Gasteiger partial charge on any atom is 0.129 e. The van der Waals surface area contributed by atoms with Crippen molar-refractivity contribution in [2.45, 2.75) is 38.3 Å². The predicted molar refractivity (Wildman–Crippen MR) is 71.3 cm³/mol. The Balaban J connectivity index is 2.59. The largest absolute Gasteiger partial charge is 0.496 e. The van der Waals surface area contributed by atoms with Crippen LogP contribution in [0.5, 0.6) is 5.75 Å². The van der Waals surface area contributed by atoms with Crippen molar-refractivity contribution in [2.24, 2.45) is 5.84 Å². The number of nitrogens with one attached hydrogen (secondary N) is 1. The third-order valence-corrected chi connectivity index (χ3v) is 3.99. The number of hydrogen-bond donors (Lipinski definition) is 2. The van der Waals surface area contributed by atoms with Gasteiger partial charge in [0.1, 0.15) is 5.75 Å². The van der Waals surface area contributed by atoms with E-state index < -0.39 is 0 Å². The first-order valence-corrected chi connectivity index (χ1v) is 6.54. The van der Waals surface area contributed by atoms with Gasteiger partial charge in [0, 0.05) is 17.4 Å². The van der Waals surface area contributed by atoms with Gasteiger partial charge < -0.3 is 9.47 Å². The monoisotopic (exact) mass is 258 g/mol. The SMILES string of the molecule is COc1csc(C(CCC(C)(C)OC)NN)c1. The van der Waals surface area contributed by atoms with Crippen LogP contribution in [-0.2, 0) is 4.74 Å². The molecule has 4 nitrogen and oxygen atoms in total. The fourth-order valence-corrected chi connectivity index (χ4v) is 2.48. The van der Waals surface area contributed by atoms with E-state index in [9.17, 15) is 0 Å². The van der Waals surface area contributed by atoms with Gasteiger partial charge in [0.2, 0.25) is 0 Å². The Morgan fingerprint density at radius 3 is 2.65 bits per heavy atom. The van der Waals surface area contributed by atoms with Crippen molar-refractivity contribution >= 4 is 11.3 Å². The van der Waals surface area contributed by atoms with Gasteiger partial charge in [0.25, 0.3) is 0 Å². The molecule has 0 bridgehead atoms. The van der Waals surface area contributed by atoms with Crippen LogP contribution < -0.4 is 16.0 Å². The summed E-state index contributed by atoms with van der Waals surface area (Å²) >= 11 is 1.66. The van der Waals surface area contributed by atoms with Gasteiger partial charge in [-0.1, -0.05) is 0 Å². The van der Waals surface area contributed by atoms with Crippen molar-refractivity contribution in [3.8, 4) is 5.75 Å². The molecule has 98 valence electrons. The lowest BCUT2D eigenvalue weighted by Crippen LogP contribution is -2.30. The number of rotatable bonds is 7. The highest BCUT2D eigenvalue weighted by atomic mass is 32.1. The molecule has 0 aromatic carbocycles. The Kier molecular flexibility index (Phi) is 5.39. The second kappa shape index (κ2) is 6.35. The smallest absolute Gasteiger partial charge is 0.129 e. The van der Waals surface area contributed by atoms with Crippen molar-refractivity contribution in [1.29, 1.82) is 0 Å². The van der Waals surface area contributed by atoms with Crippen molar-refractivity contribution in [3.63, 3.8) is 0 Å². The third-order valence-electron chi connectivity index (χ3n) is 2.96. The number of ether oxygens (including phenoxy) is 2. The minimum atomic E-state index is -0.115. The second-order valence-electron chi connectivity index (χ2n) is 4.61. The van der Waals surface area contributed by atoms with Crippen LogP contribution in [-0.4, -0.2) is 19.8 Å². The van der Waals surface area contributed by atoms with Crippen LogP contribution in [0.1, 0.15) is 37.6 Å². The fraction of sp³-hybridized carbons (Fsp3) is 0.667. The first-order valence-electron chi connectivity index (χ1n) is 5.66. The molecule has 1 aromatic rings. The molecule has 0 amide bonds. The van der Waals surface area contributed by atoms with Crippen LogP contribution in [0.2, 0.25) is 0 Å². The minimum absolute atomic E-state index is 0.115. The van der Waals surface area contributed by atoms with Crippen LogP contribution in [0.3, 0.4) is 0 Å². The molecular formula is C12H22N2O2S. The fourth-order valence-electron chi connectivity index (χ4n) is 1.53. The summed E-state index contributed by atoms with van der Waals surface area (Å²) in [5, 5.41) is 1.99. The van der Waals surface area contributed by atoms with Gasteiger partial charge in [-0.3, -0.25) is 11.3 Å². The molecule has 1 unspecified atom stereocenters. The molecule has 0 aliphatic carbocycles. The van der Waals surface area contributed by atoms with E-state index in [4.69, 9.17) is 15.3 Å². The molecule has 0 saturated heterocycles. The van der Waals surface area contributed by atoms with Crippen molar-refractivity contribution in [3.05, 3.63) is 16.3 Å². The van der Waals surface area contributed by atoms with Gasteiger partial charge in [-0.05, 0) is 32.8 Å². The summed E-state index contributed by atoms with van der Waals surface area (Å²) in [6.07, 6.45) is 1.87. The van der Waals surface area contributed by atoms with Crippen LogP contribution >= 0.6 is 11.3 Å². The molecule has 1 rings (SSSR count). The molecule has 3 N–H and O–H groups in total. The number of nitrogens with two attached hydrogens (primary N) is 1. The average Bonchev–Trinajstić information content (AvgIpc) is 2.78. The zero-order valence-electron chi connectivity index (χ0n) is 10.9. The van der Waals surface area contributed by atoms with E-state index >= 15 is 0 Å². The van der Waals surface area contributed by atoms with E-state index in [1.54, 1.807) is 25.6 Å². The maximum atomic E-state index is 5.60. The van der Waals surface area contributed by atoms with Crippen LogP contribution in [0.25, 0.3) is 0 Å². The summed E-state index contributed by atoms with van der Waals surface area (Å²) in [4.78, 5) is 1.19. The van der Waals surface area contributed by atoms with E-state index in [0.29, 0.717) is 0 Å². The van der Waals surface area contributed by atoms with Gasteiger partial charge in [-0.2, -0.15) is 0 Å². The molecule has 0 spiro atoms. The topological polar surface area (TPSA) is 56.5 Å². The highest BCUT2D eigenvalue weighted by Crippen LogP contribution is 2.30. The number of hydrogen-bond acceptors (Lipinski definition) is 5. The van der Waals surface area contributed by atoms with Crippen molar-refractivity contribution in [1.82, 2.24) is 5.43 Å². The molecule has 5 heteroatoms. The lowest BCUT2D eigenvalue weighted by atomic mass is 9.98. The van der Waals surface area contributed by atoms with Crippen LogP contribution in [0, 0.1) is 0 Å². The molecule has 1 heterocycles. The maximum absolute atomic E-state index is 5.60. The molecule has 0 aliphatic rings. The molecule has 1 aromatic heterocycles. The first-order chi connectivity index (χ1) is 8.02. The molecule has 0 saturated carbocycles. The Hall–Kier alpha value is -0.620. The normalized spacial score (nSPS) is 13.7. The third kappa shape index (κ3) is 4.27. The van der Waals surface area contributed by atoms with Crippen molar-refractivity contribution in [2.75, 3.05) is 14.2 Å². The van der Waals surface area contributed by atoms with E-state index in [0.717, 1.165) is 18.6 Å². The summed E-state index contributed by atoms with van der Waals surface area (Å²) in [5.74, 6) is 6.49. The van der Waals surface area contributed by atoms with Crippen LogP contribution in [0.4, 0.5) is 0 Å². The number of hydrazine groups is 1. The lowest BCUT2D eigenvalue weighted by molar-refractivity contribution is 0.0117. The molecule has 1 atom stereocenters. The highest BCUT2D eigenvalue weighted by Gasteiger charge is 2.20. The van der Waals surface area contributed by atoms with Gasteiger partial charge in [0.05, 0.1) is 18.8 Å². The molecule has 0 fully saturated rings. The van der Waals surface area contributed by atoms with Gasteiger partial charge in [0.15, 0.2) is 0 Å². The zero-order valence-corrected chi connectivity index (χ0v) is 11.8. The van der Waals surface area contributed by atoms with Crippen molar-refractivity contribution < 1.29 is 9.47 Å². The van der Waals surface area contributed by atoms with E-state index in [2.05, 4.69) is 19.3 Å². The molecular weight excluding hydrogens is 236 g/mol. The molecule has 17 heavy (non-hydrogen) atoms. The Labute approximate surface area is 107 Å². The summed E-state index contributed by atoms with van der Waals surface area (Å²) in [5.41, 5.74) is 2.74. The highest BCUT2D eigenvalue weighted by molar-refractivity contribution is 7.10. The lowest BCUT2D eigenvalue weighted by Gasteiger charge is -2.25. The van der Waals surface area contributed by atoms with Crippen LogP contribution in [0.15, 0.2) is 11.4 Å². The Morgan fingerprint density at radius 1 is 1.47 bits per heavy atom. The Morgan fingerprint density at radius 2 is 2.18 bits per heavy atom. The minimum Gasteiger partial charge on any atom is -0.496 e. The number of thiophene rings is 1. The van der Waals surface area contributed by atoms with E-state index in [-0.39, 0.29) is 11.6 Å². The van der Waals surface area contributed by atoms with Gasteiger partial charge in [-0.15, -0.1) is 11.3 Å². The molecule has 0 aliphatic heterocycles.